The second-order valence-electron chi connectivity index (χ2n) is 3.47. The van der Waals surface area contributed by atoms with Gasteiger partial charge in [-0.1, -0.05) is 53.4 Å². The summed E-state index contributed by atoms with van der Waals surface area (Å²) in [5.74, 6) is 0.474. The lowest BCUT2D eigenvalue weighted by Crippen LogP contribution is -1.93. The molecule has 0 saturated heterocycles. The Bertz CT molecular complexity index is 90.9. The summed E-state index contributed by atoms with van der Waals surface area (Å²) >= 11 is 0. The molecule has 0 N–H and O–H groups in total. The maximum atomic E-state index is 9.58. The average molecular weight is 206 g/mol. The van der Waals surface area contributed by atoms with Gasteiger partial charge in [0.2, 0.25) is 0 Å². The summed E-state index contributed by atoms with van der Waals surface area (Å²) in [5, 5.41) is 0. The number of unbranched alkanes of at least 4 members (excludes halogenated alkanes) is 3. The number of rotatable bonds is 6. The van der Waals surface area contributed by atoms with E-state index in [1.807, 2.05) is 13.8 Å². The molecule has 80 valence electrons. The Balaban J connectivity index is 0. The Morgan fingerprint density at radius 3 is 1.77 bits per heavy atom. The molecule has 0 amide bonds. The van der Waals surface area contributed by atoms with E-state index in [1.165, 1.54) is 25.7 Å². The predicted octanol–water partition coefficient (Wildman–Crippen LogP) is 4.45. The standard InChI is InChI=1S/C6H14.C4H9O2P/c1-3-5-6-4-2;1-4(2)3-6-7-5/h3-6H2,1-2H3;4H,3H2,1-2H3. The van der Waals surface area contributed by atoms with Gasteiger partial charge in [-0.15, -0.1) is 0 Å². The zero-order chi connectivity index (χ0) is 10.5. The molecule has 0 aliphatic carbocycles. The summed E-state index contributed by atoms with van der Waals surface area (Å²) in [6.07, 6.45) is 5.54. The third-order valence-electron chi connectivity index (χ3n) is 1.42. The normalized spacial score (nSPS) is 9.92. The fourth-order valence-electron chi connectivity index (χ4n) is 0.680. The largest absolute Gasteiger partial charge is 0.327 e. The van der Waals surface area contributed by atoms with Crippen molar-refractivity contribution in [2.24, 2.45) is 5.92 Å². The van der Waals surface area contributed by atoms with Gasteiger partial charge in [-0.25, -0.2) is 4.57 Å². The highest BCUT2D eigenvalue weighted by Gasteiger charge is 1.89. The van der Waals surface area contributed by atoms with Crippen molar-refractivity contribution >= 4 is 8.69 Å². The maximum Gasteiger partial charge on any atom is 0.327 e. The quantitative estimate of drug-likeness (QED) is 0.474. The van der Waals surface area contributed by atoms with Gasteiger partial charge >= 0.3 is 8.69 Å². The molecule has 0 heterocycles. The molecule has 13 heavy (non-hydrogen) atoms. The molecule has 0 aromatic rings. The molecule has 0 radical (unpaired) electrons. The highest BCUT2D eigenvalue weighted by atomic mass is 31.1. The van der Waals surface area contributed by atoms with Crippen LogP contribution in [0.4, 0.5) is 0 Å². The highest BCUT2D eigenvalue weighted by molar-refractivity contribution is 7.17. The van der Waals surface area contributed by atoms with Crippen LogP contribution < -0.4 is 0 Å². The molecular weight excluding hydrogens is 183 g/mol. The van der Waals surface area contributed by atoms with Crippen LogP contribution in [0, 0.1) is 5.92 Å². The summed E-state index contributed by atoms with van der Waals surface area (Å²) < 4.78 is 14.1. The Morgan fingerprint density at radius 1 is 1.15 bits per heavy atom. The Kier molecular flexibility index (Phi) is 17.4. The van der Waals surface area contributed by atoms with Crippen molar-refractivity contribution < 1.29 is 9.09 Å². The molecule has 0 aromatic carbocycles. The first-order valence-electron chi connectivity index (χ1n) is 5.13. The van der Waals surface area contributed by atoms with Crippen LogP contribution in [0.25, 0.3) is 0 Å². The van der Waals surface area contributed by atoms with Crippen LogP contribution in [0.5, 0.6) is 0 Å². The first-order valence-corrected chi connectivity index (χ1v) is 5.86. The summed E-state index contributed by atoms with van der Waals surface area (Å²) in [6, 6.07) is 0. The van der Waals surface area contributed by atoms with Gasteiger partial charge in [-0.2, -0.15) is 0 Å². The Labute approximate surface area is 84.3 Å². The molecule has 0 atom stereocenters. The van der Waals surface area contributed by atoms with Crippen LogP contribution in [0.15, 0.2) is 0 Å². The summed E-state index contributed by atoms with van der Waals surface area (Å²) in [7, 11) is -0.210. The second kappa shape index (κ2) is 14.6. The van der Waals surface area contributed by atoms with Gasteiger partial charge in [0.15, 0.2) is 0 Å². The molecule has 0 fully saturated rings. The van der Waals surface area contributed by atoms with E-state index in [0.29, 0.717) is 12.5 Å². The molecule has 0 unspecified atom stereocenters. The van der Waals surface area contributed by atoms with E-state index in [2.05, 4.69) is 18.4 Å². The molecule has 0 bridgehead atoms. The van der Waals surface area contributed by atoms with Crippen molar-refractivity contribution in [3.8, 4) is 0 Å². The maximum absolute atomic E-state index is 9.58. The lowest BCUT2D eigenvalue weighted by molar-refractivity contribution is 0.293. The minimum Gasteiger partial charge on any atom is -0.294 e. The van der Waals surface area contributed by atoms with Crippen LogP contribution in [0.1, 0.15) is 53.4 Å². The van der Waals surface area contributed by atoms with Gasteiger partial charge in [0.05, 0.1) is 6.61 Å². The van der Waals surface area contributed by atoms with E-state index >= 15 is 0 Å². The Hall–Kier alpha value is 0.0600. The lowest BCUT2D eigenvalue weighted by Gasteiger charge is -1.95. The summed E-state index contributed by atoms with van der Waals surface area (Å²) in [5.41, 5.74) is 0. The topological polar surface area (TPSA) is 26.3 Å². The van der Waals surface area contributed by atoms with Crippen LogP contribution in [-0.4, -0.2) is 6.61 Å². The highest BCUT2D eigenvalue weighted by Crippen LogP contribution is 1.99. The molecule has 0 spiro atoms. The first-order chi connectivity index (χ1) is 6.18. The smallest absolute Gasteiger partial charge is 0.294 e. The summed E-state index contributed by atoms with van der Waals surface area (Å²) in [4.78, 5) is 0. The predicted molar refractivity (Wildman–Crippen MR) is 58.2 cm³/mol. The van der Waals surface area contributed by atoms with Crippen molar-refractivity contribution in [3.05, 3.63) is 0 Å². The van der Waals surface area contributed by atoms with Gasteiger partial charge in [0.1, 0.15) is 0 Å². The number of hydrogen-bond donors (Lipinski definition) is 0. The zero-order valence-electron chi connectivity index (χ0n) is 9.38. The summed E-state index contributed by atoms with van der Waals surface area (Å²) in [6.45, 7) is 9.05. The molecular formula is C10H23O2P. The third kappa shape index (κ3) is 24.5. The van der Waals surface area contributed by atoms with Crippen molar-refractivity contribution in [2.75, 3.05) is 6.61 Å². The zero-order valence-corrected chi connectivity index (χ0v) is 10.3. The van der Waals surface area contributed by atoms with Crippen LogP contribution in [-0.2, 0) is 9.09 Å². The van der Waals surface area contributed by atoms with Crippen LogP contribution >= 0.6 is 8.69 Å². The van der Waals surface area contributed by atoms with Gasteiger partial charge < -0.3 is 0 Å². The second-order valence-corrected chi connectivity index (χ2v) is 3.88. The molecule has 0 saturated carbocycles. The minimum absolute atomic E-state index is 0.210. The van der Waals surface area contributed by atoms with Gasteiger partial charge in [-0.3, -0.25) is 4.52 Å². The molecule has 2 nitrogen and oxygen atoms in total. The van der Waals surface area contributed by atoms with Crippen LogP contribution in [0.3, 0.4) is 0 Å². The van der Waals surface area contributed by atoms with Gasteiger partial charge in [0, 0.05) is 0 Å². The third-order valence-corrected chi connectivity index (χ3v) is 1.67. The van der Waals surface area contributed by atoms with E-state index in [-0.39, 0.29) is 8.69 Å². The lowest BCUT2D eigenvalue weighted by atomic mass is 10.2. The van der Waals surface area contributed by atoms with E-state index < -0.39 is 0 Å². The SMILES string of the molecule is CC(C)COP=O.CCCCCC. The first kappa shape index (κ1) is 15.5. The van der Waals surface area contributed by atoms with Crippen molar-refractivity contribution in [3.63, 3.8) is 0 Å². The van der Waals surface area contributed by atoms with E-state index in [4.69, 9.17) is 0 Å². The van der Waals surface area contributed by atoms with Gasteiger partial charge in [-0.05, 0) is 5.92 Å². The molecule has 0 aliphatic rings. The Morgan fingerprint density at radius 2 is 1.62 bits per heavy atom. The molecule has 0 rings (SSSR count). The van der Waals surface area contributed by atoms with E-state index in [0.717, 1.165) is 0 Å². The average Bonchev–Trinajstić information content (AvgIpc) is 2.12. The minimum atomic E-state index is -0.210. The monoisotopic (exact) mass is 206 g/mol. The number of hydrogen-bond acceptors (Lipinski definition) is 2. The van der Waals surface area contributed by atoms with E-state index in [1.54, 1.807) is 0 Å². The van der Waals surface area contributed by atoms with Crippen LogP contribution in [0.2, 0.25) is 0 Å². The van der Waals surface area contributed by atoms with Crippen molar-refractivity contribution in [2.45, 2.75) is 53.4 Å². The van der Waals surface area contributed by atoms with Crippen molar-refractivity contribution in [1.82, 2.24) is 0 Å². The molecule has 0 aliphatic heterocycles. The fraction of sp³-hybridized carbons (Fsp3) is 1.00. The molecule has 0 aromatic heterocycles. The molecule has 3 heteroatoms. The van der Waals surface area contributed by atoms with Gasteiger partial charge in [0.25, 0.3) is 0 Å². The van der Waals surface area contributed by atoms with E-state index in [9.17, 15) is 4.57 Å². The fourth-order valence-corrected chi connectivity index (χ4v) is 1.04. The van der Waals surface area contributed by atoms with Crippen molar-refractivity contribution in [1.29, 1.82) is 0 Å².